The molecule has 0 spiro atoms. The van der Waals surface area contributed by atoms with Crippen molar-refractivity contribution >= 4 is 34.2 Å². The van der Waals surface area contributed by atoms with Crippen molar-refractivity contribution in [3.63, 3.8) is 0 Å². The second kappa shape index (κ2) is 8.06. The lowest BCUT2D eigenvalue weighted by Gasteiger charge is -2.32. The predicted octanol–water partition coefficient (Wildman–Crippen LogP) is 3.00. The zero-order chi connectivity index (χ0) is 17.6. The van der Waals surface area contributed by atoms with Crippen LogP contribution in [0.25, 0.3) is 0 Å². The summed E-state index contributed by atoms with van der Waals surface area (Å²) in [5, 5.41) is 14.3. The lowest BCUT2D eigenvalue weighted by molar-refractivity contribution is -0.137. The van der Waals surface area contributed by atoms with E-state index < -0.39 is 5.97 Å². The number of rotatable bonds is 6. The minimum absolute atomic E-state index is 0.0923. The summed E-state index contributed by atoms with van der Waals surface area (Å²) >= 11 is 1.36. The maximum absolute atomic E-state index is 12.7. The molecule has 7 nitrogen and oxygen atoms in total. The number of piperidine rings is 1. The van der Waals surface area contributed by atoms with E-state index in [0.717, 1.165) is 12.8 Å². The third kappa shape index (κ3) is 4.76. The molecule has 0 bridgehead atoms. The highest BCUT2D eigenvalue weighted by Crippen LogP contribution is 2.24. The van der Waals surface area contributed by atoms with Crippen molar-refractivity contribution in [2.75, 3.05) is 18.4 Å². The summed E-state index contributed by atoms with van der Waals surface area (Å²) < 4.78 is 0. The van der Waals surface area contributed by atoms with Crippen molar-refractivity contribution in [3.05, 3.63) is 35.5 Å². The van der Waals surface area contributed by atoms with Crippen LogP contribution in [0, 0.1) is 5.92 Å². The fraction of sp³-hybridized carbons (Fsp3) is 0.412. The molecule has 0 aliphatic carbocycles. The van der Waals surface area contributed by atoms with Crippen LogP contribution in [0.3, 0.4) is 0 Å². The van der Waals surface area contributed by atoms with Gasteiger partial charge in [0.15, 0.2) is 5.13 Å². The molecule has 0 aromatic carbocycles. The van der Waals surface area contributed by atoms with Crippen LogP contribution in [0.5, 0.6) is 0 Å². The number of nitrogens with one attached hydrogen (secondary N) is 1. The molecule has 25 heavy (non-hydrogen) atoms. The molecule has 1 amide bonds. The first kappa shape index (κ1) is 17.3. The molecule has 0 radical (unpaired) electrons. The number of aliphatic carboxylic acids is 1. The normalized spacial score (nSPS) is 17.3. The van der Waals surface area contributed by atoms with Gasteiger partial charge in [0.2, 0.25) is 0 Å². The van der Waals surface area contributed by atoms with E-state index in [2.05, 4.69) is 15.3 Å². The SMILES string of the molecule is O=C(O)CCC1CCCN(C(=O)c2csc(Nc3ccccn3)n2)C1. The number of carboxylic acids is 1. The summed E-state index contributed by atoms with van der Waals surface area (Å²) in [6.07, 6.45) is 4.33. The molecule has 3 rings (SSSR count). The Bertz CT molecular complexity index is 735. The smallest absolute Gasteiger partial charge is 0.303 e. The topological polar surface area (TPSA) is 95.4 Å². The van der Waals surface area contributed by atoms with Crippen LogP contribution in [0.1, 0.15) is 36.2 Å². The molecule has 1 atom stereocenters. The van der Waals surface area contributed by atoms with Crippen molar-refractivity contribution < 1.29 is 14.7 Å². The van der Waals surface area contributed by atoms with Gasteiger partial charge < -0.3 is 15.3 Å². The third-order valence-corrected chi connectivity index (χ3v) is 4.95. The van der Waals surface area contributed by atoms with Gasteiger partial charge in [-0.15, -0.1) is 11.3 Å². The summed E-state index contributed by atoms with van der Waals surface area (Å²) in [6, 6.07) is 5.54. The summed E-state index contributed by atoms with van der Waals surface area (Å²) in [4.78, 5) is 33.7. The summed E-state index contributed by atoms with van der Waals surface area (Å²) in [6.45, 7) is 1.30. The number of carboxylic acid groups (broad SMARTS) is 1. The van der Waals surface area contributed by atoms with E-state index >= 15 is 0 Å². The Morgan fingerprint density at radius 1 is 1.40 bits per heavy atom. The molecule has 1 fully saturated rings. The molecule has 132 valence electrons. The van der Waals surface area contributed by atoms with Crippen LogP contribution in [0.2, 0.25) is 0 Å². The molecular weight excluding hydrogens is 340 g/mol. The Labute approximate surface area is 149 Å². The van der Waals surface area contributed by atoms with Crippen molar-refractivity contribution in [3.8, 4) is 0 Å². The summed E-state index contributed by atoms with van der Waals surface area (Å²) in [5.41, 5.74) is 0.419. The van der Waals surface area contributed by atoms with E-state index in [4.69, 9.17) is 5.11 Å². The van der Waals surface area contributed by atoms with Gasteiger partial charge in [0, 0.05) is 31.1 Å². The highest BCUT2D eigenvalue weighted by Gasteiger charge is 2.26. The number of hydrogen-bond acceptors (Lipinski definition) is 6. The zero-order valence-corrected chi connectivity index (χ0v) is 14.5. The van der Waals surface area contributed by atoms with Gasteiger partial charge in [0.05, 0.1) is 0 Å². The highest BCUT2D eigenvalue weighted by atomic mass is 32.1. The third-order valence-electron chi connectivity index (χ3n) is 4.20. The van der Waals surface area contributed by atoms with Crippen molar-refractivity contribution in [1.82, 2.24) is 14.9 Å². The molecule has 2 aromatic rings. The monoisotopic (exact) mass is 360 g/mol. The van der Waals surface area contributed by atoms with E-state index in [1.165, 1.54) is 11.3 Å². The van der Waals surface area contributed by atoms with Crippen LogP contribution in [-0.4, -0.2) is 44.9 Å². The van der Waals surface area contributed by atoms with Crippen LogP contribution in [0.15, 0.2) is 29.8 Å². The fourth-order valence-corrected chi connectivity index (χ4v) is 3.64. The number of amides is 1. The number of carbonyl (C=O) groups excluding carboxylic acids is 1. The Kier molecular flexibility index (Phi) is 5.60. The molecule has 3 heterocycles. The average Bonchev–Trinajstić information content (AvgIpc) is 3.09. The first-order valence-electron chi connectivity index (χ1n) is 8.26. The van der Waals surface area contributed by atoms with Crippen LogP contribution >= 0.6 is 11.3 Å². The summed E-state index contributed by atoms with van der Waals surface area (Å²) in [7, 11) is 0. The van der Waals surface area contributed by atoms with Crippen LogP contribution in [-0.2, 0) is 4.79 Å². The van der Waals surface area contributed by atoms with Gasteiger partial charge >= 0.3 is 5.97 Å². The molecule has 1 aliphatic heterocycles. The lowest BCUT2D eigenvalue weighted by atomic mass is 9.93. The quantitative estimate of drug-likeness (QED) is 0.822. The van der Waals surface area contributed by atoms with Gasteiger partial charge in [-0.1, -0.05) is 6.07 Å². The zero-order valence-electron chi connectivity index (χ0n) is 13.7. The molecule has 2 aromatic heterocycles. The number of carbonyl (C=O) groups is 2. The molecule has 1 aliphatic rings. The lowest BCUT2D eigenvalue weighted by Crippen LogP contribution is -2.40. The van der Waals surface area contributed by atoms with Crippen LogP contribution in [0.4, 0.5) is 10.9 Å². The molecule has 0 saturated carbocycles. The minimum Gasteiger partial charge on any atom is -0.481 e. The molecule has 1 saturated heterocycles. The van der Waals surface area contributed by atoms with E-state index in [-0.39, 0.29) is 18.2 Å². The van der Waals surface area contributed by atoms with Gasteiger partial charge in [-0.2, -0.15) is 0 Å². The second-order valence-electron chi connectivity index (χ2n) is 6.07. The van der Waals surface area contributed by atoms with Crippen molar-refractivity contribution in [2.24, 2.45) is 5.92 Å². The molecular formula is C17H20N4O3S. The average molecular weight is 360 g/mol. The molecule has 2 N–H and O–H groups in total. The van der Waals surface area contributed by atoms with E-state index in [1.807, 2.05) is 18.2 Å². The van der Waals surface area contributed by atoms with E-state index in [1.54, 1.807) is 16.5 Å². The van der Waals surface area contributed by atoms with Gasteiger partial charge in [-0.3, -0.25) is 9.59 Å². The Morgan fingerprint density at radius 3 is 3.04 bits per heavy atom. The van der Waals surface area contributed by atoms with Gasteiger partial charge in [-0.05, 0) is 37.3 Å². The second-order valence-corrected chi connectivity index (χ2v) is 6.93. The Balaban J connectivity index is 1.60. The number of thiazole rings is 1. The maximum atomic E-state index is 12.7. The van der Waals surface area contributed by atoms with Gasteiger partial charge in [0.1, 0.15) is 11.5 Å². The number of pyridine rings is 1. The Morgan fingerprint density at radius 2 is 2.28 bits per heavy atom. The number of nitrogens with zero attached hydrogens (tertiary/aromatic N) is 3. The fourth-order valence-electron chi connectivity index (χ4n) is 2.95. The van der Waals surface area contributed by atoms with E-state index in [0.29, 0.717) is 36.2 Å². The van der Waals surface area contributed by atoms with E-state index in [9.17, 15) is 9.59 Å². The van der Waals surface area contributed by atoms with Gasteiger partial charge in [0.25, 0.3) is 5.91 Å². The standard InChI is InChI=1S/C17H20N4O3S/c22-15(23)7-6-12-4-3-9-21(10-12)16(24)13-11-25-17(19-13)20-14-5-1-2-8-18-14/h1-2,5,8,11-12H,3-4,6-7,9-10H2,(H,22,23)(H,18,19,20). The predicted molar refractivity (Wildman–Crippen MR) is 95.1 cm³/mol. The number of aromatic nitrogens is 2. The number of anilines is 2. The largest absolute Gasteiger partial charge is 0.481 e. The Hall–Kier alpha value is -2.48. The molecule has 8 heteroatoms. The van der Waals surface area contributed by atoms with Crippen LogP contribution < -0.4 is 5.32 Å². The van der Waals surface area contributed by atoms with Crippen molar-refractivity contribution in [2.45, 2.75) is 25.7 Å². The molecule has 1 unspecified atom stereocenters. The summed E-state index contributed by atoms with van der Waals surface area (Å²) in [5.74, 6) is 0.0552. The highest BCUT2D eigenvalue weighted by molar-refractivity contribution is 7.14. The number of likely N-dealkylation sites (tertiary alicyclic amines) is 1. The van der Waals surface area contributed by atoms with Crippen molar-refractivity contribution in [1.29, 1.82) is 0 Å². The minimum atomic E-state index is -0.784. The first-order valence-corrected chi connectivity index (χ1v) is 9.14. The van der Waals surface area contributed by atoms with Gasteiger partial charge in [-0.25, -0.2) is 9.97 Å². The first-order chi connectivity index (χ1) is 12.1. The maximum Gasteiger partial charge on any atom is 0.303 e. The number of hydrogen-bond donors (Lipinski definition) is 2.